The average Bonchev–Trinajstić information content (AvgIpc) is 2.86. The third-order valence-electron chi connectivity index (χ3n) is 3.72. The monoisotopic (exact) mass is 277 g/mol. The lowest BCUT2D eigenvalue weighted by Crippen LogP contribution is -2.30. The molecular formula is C14H19N3O3. The van der Waals surface area contributed by atoms with Gasteiger partial charge in [0.25, 0.3) is 11.6 Å². The van der Waals surface area contributed by atoms with Gasteiger partial charge in [-0.2, -0.15) is 0 Å². The highest BCUT2D eigenvalue weighted by Gasteiger charge is 2.31. The van der Waals surface area contributed by atoms with Gasteiger partial charge in [-0.25, -0.2) is 0 Å². The third kappa shape index (κ3) is 2.80. The van der Waals surface area contributed by atoms with Gasteiger partial charge in [0.05, 0.1) is 4.92 Å². The number of aryl methyl sites for hydroxylation is 1. The Morgan fingerprint density at radius 1 is 1.55 bits per heavy atom. The number of likely N-dealkylation sites (tertiary alicyclic amines) is 1. The van der Waals surface area contributed by atoms with Crippen LogP contribution in [0, 0.1) is 23.0 Å². The molecule has 1 aliphatic heterocycles. The minimum Gasteiger partial charge on any atom is -0.338 e. The Morgan fingerprint density at radius 2 is 2.30 bits per heavy atom. The molecule has 1 heterocycles. The Morgan fingerprint density at radius 3 is 2.95 bits per heavy atom. The third-order valence-corrected chi connectivity index (χ3v) is 3.72. The lowest BCUT2D eigenvalue weighted by Gasteiger charge is -2.17. The van der Waals surface area contributed by atoms with Crippen molar-refractivity contribution in [2.24, 2.45) is 5.92 Å². The van der Waals surface area contributed by atoms with Crippen LogP contribution >= 0.6 is 0 Å². The highest BCUT2D eigenvalue weighted by Crippen LogP contribution is 2.26. The zero-order valence-electron chi connectivity index (χ0n) is 11.8. The number of carbonyl (C=O) groups excluding carboxylic acids is 1. The lowest BCUT2D eigenvalue weighted by molar-refractivity contribution is -0.385. The Kier molecular flexibility index (Phi) is 4.34. The Balaban J connectivity index is 2.22. The van der Waals surface area contributed by atoms with Crippen molar-refractivity contribution < 1.29 is 9.72 Å². The van der Waals surface area contributed by atoms with Gasteiger partial charge in [-0.1, -0.05) is 12.1 Å². The standard InChI is InChI=1S/C14H19N3O3/c1-10-4-3-5-12(13(10)17(19)20)14(18)16-7-6-11(9-16)8-15-2/h3-5,11,15H,6-9H2,1-2H3. The molecule has 0 aromatic heterocycles. The van der Waals surface area contributed by atoms with E-state index in [0.717, 1.165) is 13.0 Å². The van der Waals surface area contributed by atoms with Crippen molar-refractivity contribution in [3.05, 3.63) is 39.4 Å². The number of hydrogen-bond donors (Lipinski definition) is 1. The lowest BCUT2D eigenvalue weighted by atomic mass is 10.1. The predicted octanol–water partition coefficient (Wildman–Crippen LogP) is 1.58. The molecule has 108 valence electrons. The normalized spacial score (nSPS) is 18.3. The molecule has 0 spiro atoms. The van der Waals surface area contributed by atoms with Gasteiger partial charge in [0.1, 0.15) is 5.56 Å². The Hall–Kier alpha value is -1.95. The molecule has 1 aromatic rings. The number of nitrogens with zero attached hydrogens (tertiary/aromatic N) is 2. The van der Waals surface area contributed by atoms with Crippen molar-refractivity contribution in [3.8, 4) is 0 Å². The van der Waals surface area contributed by atoms with Crippen LogP contribution in [0.2, 0.25) is 0 Å². The van der Waals surface area contributed by atoms with Gasteiger partial charge < -0.3 is 10.2 Å². The van der Waals surface area contributed by atoms with E-state index >= 15 is 0 Å². The van der Waals surface area contributed by atoms with Gasteiger partial charge in [0, 0.05) is 18.7 Å². The molecule has 1 amide bonds. The van der Waals surface area contributed by atoms with Crippen LogP contribution in [0.25, 0.3) is 0 Å². The van der Waals surface area contributed by atoms with Crippen LogP contribution < -0.4 is 5.32 Å². The van der Waals surface area contributed by atoms with Gasteiger partial charge >= 0.3 is 0 Å². The van der Waals surface area contributed by atoms with Gasteiger partial charge in [-0.05, 0) is 38.9 Å². The van der Waals surface area contributed by atoms with Gasteiger partial charge in [-0.3, -0.25) is 14.9 Å². The topological polar surface area (TPSA) is 75.5 Å². The second-order valence-electron chi connectivity index (χ2n) is 5.19. The van der Waals surface area contributed by atoms with Crippen molar-refractivity contribution in [1.82, 2.24) is 10.2 Å². The van der Waals surface area contributed by atoms with E-state index in [1.807, 2.05) is 7.05 Å². The van der Waals surface area contributed by atoms with Crippen LogP contribution in [-0.4, -0.2) is 42.4 Å². The van der Waals surface area contributed by atoms with E-state index in [1.54, 1.807) is 30.0 Å². The summed E-state index contributed by atoms with van der Waals surface area (Å²) < 4.78 is 0. The first-order chi connectivity index (χ1) is 9.54. The molecule has 1 saturated heterocycles. The number of benzene rings is 1. The maximum absolute atomic E-state index is 12.5. The van der Waals surface area contributed by atoms with E-state index in [2.05, 4.69) is 5.32 Å². The summed E-state index contributed by atoms with van der Waals surface area (Å²) in [5.74, 6) is 0.187. The average molecular weight is 277 g/mol. The SMILES string of the molecule is CNCC1CCN(C(=O)c2cccc(C)c2[N+](=O)[O-])C1. The number of carbonyl (C=O) groups is 1. The largest absolute Gasteiger partial charge is 0.338 e. The van der Waals surface area contributed by atoms with Gasteiger partial charge in [0.15, 0.2) is 0 Å². The van der Waals surface area contributed by atoms with E-state index < -0.39 is 4.92 Å². The molecule has 20 heavy (non-hydrogen) atoms. The molecule has 1 aromatic carbocycles. The number of rotatable bonds is 4. The molecule has 1 aliphatic rings. The number of nitrogens with one attached hydrogen (secondary N) is 1. The molecule has 0 radical (unpaired) electrons. The van der Waals surface area contributed by atoms with Gasteiger partial charge in [0.2, 0.25) is 0 Å². The summed E-state index contributed by atoms with van der Waals surface area (Å²) >= 11 is 0. The molecular weight excluding hydrogens is 258 g/mol. The number of hydrogen-bond acceptors (Lipinski definition) is 4. The summed E-state index contributed by atoms with van der Waals surface area (Å²) in [7, 11) is 1.88. The summed E-state index contributed by atoms with van der Waals surface area (Å²) in [5.41, 5.74) is 0.640. The van der Waals surface area contributed by atoms with Crippen molar-refractivity contribution in [2.45, 2.75) is 13.3 Å². The minimum atomic E-state index is -0.469. The zero-order valence-corrected chi connectivity index (χ0v) is 11.8. The fourth-order valence-corrected chi connectivity index (χ4v) is 2.72. The summed E-state index contributed by atoms with van der Waals surface area (Å²) in [6.45, 7) is 3.84. The van der Waals surface area contributed by atoms with Crippen molar-refractivity contribution in [1.29, 1.82) is 0 Å². The quantitative estimate of drug-likeness (QED) is 0.669. The molecule has 6 heteroatoms. The smallest absolute Gasteiger partial charge is 0.285 e. The van der Waals surface area contributed by atoms with E-state index in [0.29, 0.717) is 24.6 Å². The van der Waals surface area contributed by atoms with Gasteiger partial charge in [-0.15, -0.1) is 0 Å². The van der Waals surface area contributed by atoms with Crippen LogP contribution in [0.1, 0.15) is 22.3 Å². The molecule has 1 fully saturated rings. The fraction of sp³-hybridized carbons (Fsp3) is 0.500. The number of amides is 1. The highest BCUT2D eigenvalue weighted by atomic mass is 16.6. The summed E-state index contributed by atoms with van der Waals surface area (Å²) in [6.07, 6.45) is 0.937. The molecule has 6 nitrogen and oxygen atoms in total. The van der Waals surface area contributed by atoms with Crippen molar-refractivity contribution >= 4 is 11.6 Å². The second-order valence-corrected chi connectivity index (χ2v) is 5.19. The summed E-state index contributed by atoms with van der Waals surface area (Å²) in [5, 5.41) is 14.3. The first kappa shape index (κ1) is 14.5. The maximum atomic E-state index is 12.5. The predicted molar refractivity (Wildman–Crippen MR) is 75.8 cm³/mol. The number of nitro benzene ring substituents is 1. The fourth-order valence-electron chi connectivity index (χ4n) is 2.72. The summed E-state index contributed by atoms with van der Waals surface area (Å²) in [6, 6.07) is 4.89. The molecule has 0 saturated carbocycles. The van der Waals surface area contributed by atoms with E-state index in [-0.39, 0.29) is 17.2 Å². The van der Waals surface area contributed by atoms with Crippen LogP contribution in [-0.2, 0) is 0 Å². The number of para-hydroxylation sites is 1. The Bertz CT molecular complexity index is 530. The molecule has 1 atom stereocenters. The first-order valence-corrected chi connectivity index (χ1v) is 6.72. The molecule has 0 aliphatic carbocycles. The van der Waals surface area contributed by atoms with E-state index in [4.69, 9.17) is 0 Å². The number of nitro groups is 1. The first-order valence-electron chi connectivity index (χ1n) is 6.72. The molecule has 2 rings (SSSR count). The minimum absolute atomic E-state index is 0.0745. The molecule has 1 unspecified atom stereocenters. The maximum Gasteiger partial charge on any atom is 0.285 e. The van der Waals surface area contributed by atoms with Crippen LogP contribution in [0.4, 0.5) is 5.69 Å². The second kappa shape index (κ2) is 6.00. The van der Waals surface area contributed by atoms with Crippen molar-refractivity contribution in [3.63, 3.8) is 0 Å². The molecule has 1 N–H and O–H groups in total. The van der Waals surface area contributed by atoms with E-state index in [9.17, 15) is 14.9 Å². The zero-order chi connectivity index (χ0) is 14.7. The highest BCUT2D eigenvalue weighted by molar-refractivity contribution is 5.98. The van der Waals surface area contributed by atoms with Crippen molar-refractivity contribution in [2.75, 3.05) is 26.7 Å². The van der Waals surface area contributed by atoms with Crippen LogP contribution in [0.5, 0.6) is 0 Å². The molecule has 0 bridgehead atoms. The summed E-state index contributed by atoms with van der Waals surface area (Å²) in [4.78, 5) is 24.9. The van der Waals surface area contributed by atoms with Crippen LogP contribution in [0.3, 0.4) is 0 Å². The van der Waals surface area contributed by atoms with E-state index in [1.165, 1.54) is 0 Å². The Labute approximate surface area is 117 Å². The van der Waals surface area contributed by atoms with Crippen LogP contribution in [0.15, 0.2) is 18.2 Å².